The Bertz CT molecular complexity index is 782. The van der Waals surface area contributed by atoms with E-state index >= 15 is 0 Å². The van der Waals surface area contributed by atoms with Gasteiger partial charge in [0.05, 0.1) is 22.2 Å². The molecule has 0 aliphatic heterocycles. The lowest BCUT2D eigenvalue weighted by Gasteiger charge is -2.19. The first-order valence-electron chi connectivity index (χ1n) is 5.70. The van der Waals surface area contributed by atoms with E-state index in [4.69, 9.17) is 16.9 Å². The molecule has 2 rings (SSSR count). The van der Waals surface area contributed by atoms with Gasteiger partial charge in [0.25, 0.3) is 10.0 Å². The highest BCUT2D eigenvalue weighted by molar-refractivity contribution is 7.92. The summed E-state index contributed by atoms with van der Waals surface area (Å²) in [6.07, 6.45) is 0. The highest BCUT2D eigenvalue weighted by atomic mass is 35.5. The quantitative estimate of drug-likeness (QED) is 0.875. The third-order valence-electron chi connectivity index (χ3n) is 2.79. The monoisotopic (exact) mass is 306 g/mol. The van der Waals surface area contributed by atoms with Crippen LogP contribution in [0, 0.1) is 11.3 Å². The number of hydrogen-bond donors (Lipinski definition) is 0. The summed E-state index contributed by atoms with van der Waals surface area (Å²) in [7, 11) is -2.27. The Hall–Kier alpha value is -2.03. The van der Waals surface area contributed by atoms with Crippen molar-refractivity contribution in [3.05, 3.63) is 59.1 Å². The van der Waals surface area contributed by atoms with Crippen LogP contribution in [0.15, 0.2) is 53.4 Å². The van der Waals surface area contributed by atoms with Crippen molar-refractivity contribution in [2.45, 2.75) is 4.90 Å². The second-order valence-corrected chi connectivity index (χ2v) is 6.50. The molecule has 0 atom stereocenters. The molecular weight excluding hydrogens is 296 g/mol. The fourth-order valence-corrected chi connectivity index (χ4v) is 3.11. The molecular formula is C14H11ClN2O2S. The maximum atomic E-state index is 12.5. The van der Waals surface area contributed by atoms with E-state index in [1.165, 1.54) is 25.2 Å². The number of anilines is 1. The van der Waals surface area contributed by atoms with Crippen LogP contribution in [0.4, 0.5) is 5.69 Å². The molecule has 4 nitrogen and oxygen atoms in total. The fraction of sp³-hybridized carbons (Fsp3) is 0.0714. The largest absolute Gasteiger partial charge is 0.269 e. The van der Waals surface area contributed by atoms with Crippen LogP contribution in [0.3, 0.4) is 0 Å². The number of nitriles is 1. The molecule has 0 aromatic heterocycles. The summed E-state index contributed by atoms with van der Waals surface area (Å²) in [5, 5.41) is 9.30. The lowest BCUT2D eigenvalue weighted by Crippen LogP contribution is -2.26. The van der Waals surface area contributed by atoms with Crippen molar-refractivity contribution in [3.63, 3.8) is 0 Å². The molecule has 2 aromatic rings. The van der Waals surface area contributed by atoms with E-state index in [-0.39, 0.29) is 4.90 Å². The fourth-order valence-electron chi connectivity index (χ4n) is 1.69. The zero-order chi connectivity index (χ0) is 14.8. The van der Waals surface area contributed by atoms with Gasteiger partial charge in [-0.25, -0.2) is 8.42 Å². The van der Waals surface area contributed by atoms with Crippen LogP contribution < -0.4 is 4.31 Å². The maximum Gasteiger partial charge on any atom is 0.264 e. The van der Waals surface area contributed by atoms with Gasteiger partial charge in [-0.1, -0.05) is 23.7 Å². The van der Waals surface area contributed by atoms with Gasteiger partial charge in [-0.15, -0.1) is 0 Å². The molecule has 102 valence electrons. The minimum Gasteiger partial charge on any atom is -0.269 e. The van der Waals surface area contributed by atoms with Crippen molar-refractivity contribution in [1.29, 1.82) is 5.26 Å². The van der Waals surface area contributed by atoms with Crippen molar-refractivity contribution in [2.24, 2.45) is 0 Å². The van der Waals surface area contributed by atoms with Gasteiger partial charge in [-0.2, -0.15) is 5.26 Å². The Morgan fingerprint density at radius 3 is 2.50 bits per heavy atom. The molecule has 0 amide bonds. The Kier molecular flexibility index (Phi) is 3.98. The van der Waals surface area contributed by atoms with Crippen molar-refractivity contribution in [2.75, 3.05) is 11.4 Å². The van der Waals surface area contributed by atoms with Crippen LogP contribution in [0.5, 0.6) is 0 Å². The molecule has 0 aliphatic rings. The number of benzene rings is 2. The van der Waals surface area contributed by atoms with Crippen LogP contribution in [0.2, 0.25) is 5.02 Å². The van der Waals surface area contributed by atoms with Gasteiger partial charge in [0, 0.05) is 12.1 Å². The van der Waals surface area contributed by atoms with Gasteiger partial charge in [0.15, 0.2) is 0 Å². The summed E-state index contributed by atoms with van der Waals surface area (Å²) in [5.74, 6) is 0. The minimum absolute atomic E-state index is 0.0685. The van der Waals surface area contributed by atoms with Gasteiger partial charge in [-0.3, -0.25) is 4.31 Å². The molecule has 0 bridgehead atoms. The molecule has 0 saturated carbocycles. The minimum atomic E-state index is -3.72. The molecule has 0 radical (unpaired) electrons. The van der Waals surface area contributed by atoms with Crippen LogP contribution >= 0.6 is 11.6 Å². The first-order valence-corrected chi connectivity index (χ1v) is 7.51. The van der Waals surface area contributed by atoms with Gasteiger partial charge in [0.1, 0.15) is 0 Å². The molecule has 2 aromatic carbocycles. The van der Waals surface area contributed by atoms with Gasteiger partial charge >= 0.3 is 0 Å². The predicted molar refractivity (Wildman–Crippen MR) is 78.2 cm³/mol. The number of nitrogens with zero attached hydrogens (tertiary/aromatic N) is 2. The molecule has 0 unspecified atom stereocenters. The highest BCUT2D eigenvalue weighted by Gasteiger charge is 2.21. The van der Waals surface area contributed by atoms with Crippen molar-refractivity contribution >= 4 is 27.3 Å². The van der Waals surface area contributed by atoms with E-state index in [1.54, 1.807) is 30.3 Å². The van der Waals surface area contributed by atoms with Crippen molar-refractivity contribution in [3.8, 4) is 6.07 Å². The van der Waals surface area contributed by atoms with E-state index in [0.29, 0.717) is 16.3 Å². The van der Waals surface area contributed by atoms with Crippen molar-refractivity contribution in [1.82, 2.24) is 0 Å². The summed E-state index contributed by atoms with van der Waals surface area (Å²) in [6, 6.07) is 14.4. The molecule has 0 N–H and O–H groups in total. The van der Waals surface area contributed by atoms with Crippen LogP contribution in [0.25, 0.3) is 0 Å². The molecule has 0 spiro atoms. The maximum absolute atomic E-state index is 12.5. The Morgan fingerprint density at radius 1 is 1.15 bits per heavy atom. The third kappa shape index (κ3) is 2.77. The second kappa shape index (κ2) is 5.53. The van der Waals surface area contributed by atoms with E-state index in [0.717, 1.165) is 4.31 Å². The average Bonchev–Trinajstić information content (AvgIpc) is 2.46. The van der Waals surface area contributed by atoms with Gasteiger partial charge in [0.2, 0.25) is 0 Å². The number of sulfonamides is 1. The van der Waals surface area contributed by atoms with Crippen molar-refractivity contribution < 1.29 is 8.42 Å². The Labute approximate surface area is 122 Å². The lowest BCUT2D eigenvalue weighted by molar-refractivity contribution is 0.594. The number of hydrogen-bond acceptors (Lipinski definition) is 3. The van der Waals surface area contributed by atoms with E-state index in [9.17, 15) is 8.42 Å². The predicted octanol–water partition coefficient (Wildman–Crippen LogP) is 3.04. The van der Waals surface area contributed by atoms with E-state index in [2.05, 4.69) is 0 Å². The topological polar surface area (TPSA) is 61.2 Å². The Balaban J connectivity index is 2.47. The summed E-state index contributed by atoms with van der Waals surface area (Å²) in [4.78, 5) is 0.0685. The number of halogens is 1. The standard InChI is InChI=1S/C14H11ClN2O2S/c1-17(13-6-3-5-12(15)9-13)20(18,19)14-7-2-4-11(8-14)10-16/h2-9H,1H3. The van der Waals surface area contributed by atoms with Gasteiger partial charge in [-0.05, 0) is 36.4 Å². The molecule has 20 heavy (non-hydrogen) atoms. The normalized spacial score (nSPS) is 10.8. The molecule has 6 heteroatoms. The SMILES string of the molecule is CN(c1cccc(Cl)c1)S(=O)(=O)c1cccc(C#N)c1. The summed E-state index contributed by atoms with van der Waals surface area (Å²) >= 11 is 5.87. The zero-order valence-corrected chi connectivity index (χ0v) is 12.2. The Morgan fingerprint density at radius 2 is 1.85 bits per heavy atom. The molecule has 0 aliphatic carbocycles. The van der Waals surface area contributed by atoms with E-state index in [1.807, 2.05) is 6.07 Å². The zero-order valence-electron chi connectivity index (χ0n) is 10.6. The van der Waals surface area contributed by atoms with Crippen LogP contribution in [-0.2, 0) is 10.0 Å². The van der Waals surface area contributed by atoms with Gasteiger partial charge < -0.3 is 0 Å². The summed E-state index contributed by atoms with van der Waals surface area (Å²) in [6.45, 7) is 0. The smallest absolute Gasteiger partial charge is 0.264 e. The average molecular weight is 307 g/mol. The van der Waals surface area contributed by atoms with Crippen LogP contribution in [0.1, 0.15) is 5.56 Å². The summed E-state index contributed by atoms with van der Waals surface area (Å²) in [5.41, 5.74) is 0.755. The summed E-state index contributed by atoms with van der Waals surface area (Å²) < 4.78 is 26.1. The van der Waals surface area contributed by atoms with E-state index < -0.39 is 10.0 Å². The highest BCUT2D eigenvalue weighted by Crippen LogP contribution is 2.24. The second-order valence-electron chi connectivity index (χ2n) is 4.09. The molecule has 0 fully saturated rings. The molecule has 0 saturated heterocycles. The third-order valence-corrected chi connectivity index (χ3v) is 4.81. The number of rotatable bonds is 3. The first kappa shape index (κ1) is 14.4. The lowest BCUT2D eigenvalue weighted by atomic mass is 10.2. The van der Waals surface area contributed by atoms with Crippen LogP contribution in [-0.4, -0.2) is 15.5 Å². The molecule has 0 heterocycles. The first-order chi connectivity index (χ1) is 9.45.